The summed E-state index contributed by atoms with van der Waals surface area (Å²) >= 11 is 0. The van der Waals surface area contributed by atoms with Gasteiger partial charge in [0.1, 0.15) is 0 Å². The zero-order valence-corrected chi connectivity index (χ0v) is 6.70. The predicted octanol–water partition coefficient (Wildman–Crippen LogP) is -1.78. The van der Waals surface area contributed by atoms with Crippen molar-refractivity contribution >= 4 is 7.60 Å². The summed E-state index contributed by atoms with van der Waals surface area (Å²) in [5.41, 5.74) is 0. The monoisotopic (exact) mass is 160 g/mol. The van der Waals surface area contributed by atoms with Gasteiger partial charge in [0.25, 0.3) is 0 Å². The van der Waals surface area contributed by atoms with E-state index in [1.54, 1.807) is 0 Å². The largest absolute Gasteiger partial charge is 1.00 e. The molecule has 0 bridgehead atoms. The van der Waals surface area contributed by atoms with Gasteiger partial charge in [-0.05, 0) is 0 Å². The summed E-state index contributed by atoms with van der Waals surface area (Å²) in [6.07, 6.45) is 0. The van der Waals surface area contributed by atoms with Crippen molar-refractivity contribution in [1.29, 1.82) is 0 Å². The van der Waals surface area contributed by atoms with Crippen molar-refractivity contribution in [2.24, 2.45) is 0 Å². The van der Waals surface area contributed by atoms with Crippen molar-refractivity contribution in [3.8, 4) is 0 Å². The lowest BCUT2D eigenvalue weighted by molar-refractivity contribution is -0.00000517. The van der Waals surface area contributed by atoms with Gasteiger partial charge in [-0.25, -0.2) is 0 Å². The van der Waals surface area contributed by atoms with E-state index in [-0.39, 0.29) is 13.8 Å². The maximum atomic E-state index is 10.5. The van der Waals surface area contributed by atoms with Crippen molar-refractivity contribution in [3.05, 3.63) is 0 Å². The summed E-state index contributed by atoms with van der Waals surface area (Å²) in [5.74, 6) is 0. The highest BCUT2D eigenvalue weighted by Crippen LogP contribution is 2.40. The van der Waals surface area contributed by atoms with Gasteiger partial charge >= 0.3 is 9.02 Å². The molecule has 0 fully saturated rings. The van der Waals surface area contributed by atoms with Crippen LogP contribution in [-0.2, 0) is 13.6 Å². The Morgan fingerprint density at radius 2 is 1.62 bits per heavy atom. The first-order chi connectivity index (χ1) is 3.12. The van der Waals surface area contributed by atoms with Gasteiger partial charge in [0.05, 0.1) is 0 Å². The number of halogens is 1. The quantitative estimate of drug-likeness (QED) is 0.448. The summed E-state index contributed by atoms with van der Waals surface area (Å²) < 4.78 is 19.3. The molecule has 52 valence electrons. The molecule has 0 rings (SSSR count). The van der Waals surface area contributed by atoms with Gasteiger partial charge < -0.3 is 21.5 Å². The molecule has 8 heavy (non-hydrogen) atoms. The molecule has 0 atom stereocenters. The van der Waals surface area contributed by atoms with Crippen LogP contribution in [0.3, 0.4) is 0 Å². The lowest BCUT2D eigenvalue weighted by atomic mass is 11.8. The Balaban J connectivity index is -0.000000180. The first kappa shape index (κ1) is 11.3. The molecule has 0 amide bonds. The fraction of sp³-hybridized carbons (Fsp3) is 1.00. The van der Waals surface area contributed by atoms with Crippen LogP contribution in [0.4, 0.5) is 0 Å². The van der Waals surface area contributed by atoms with Crippen LogP contribution in [0.5, 0.6) is 0 Å². The third kappa shape index (κ3) is 4.60. The van der Waals surface area contributed by atoms with Crippen molar-refractivity contribution in [2.45, 2.75) is 0 Å². The molecule has 0 N–H and O–H groups in total. The van der Waals surface area contributed by atoms with E-state index in [2.05, 4.69) is 9.05 Å². The van der Waals surface area contributed by atoms with E-state index in [4.69, 9.17) is 0 Å². The van der Waals surface area contributed by atoms with Gasteiger partial charge in [0, 0.05) is 20.9 Å². The van der Waals surface area contributed by atoms with Gasteiger partial charge in [0.15, 0.2) is 0 Å². The van der Waals surface area contributed by atoms with Crippen LogP contribution in [0, 0.1) is 0 Å². The van der Waals surface area contributed by atoms with Crippen molar-refractivity contribution < 1.29 is 27.4 Å². The second-order valence-electron chi connectivity index (χ2n) is 1.14. The standard InChI is InChI=1S/C3H9O3P.ClH/c1-5-7(3,4)6-2;/h1-3H3;1H. The third-order valence-electron chi connectivity index (χ3n) is 0.663. The molecule has 0 heterocycles. The first-order valence-corrected chi connectivity index (χ1v) is 3.80. The number of rotatable bonds is 2. The normalized spacial score (nSPS) is 10.4. The fourth-order valence-corrected chi connectivity index (χ4v) is 0.224. The van der Waals surface area contributed by atoms with E-state index < -0.39 is 7.60 Å². The molecule has 3 nitrogen and oxygen atoms in total. The van der Waals surface area contributed by atoms with Gasteiger partial charge in [-0.2, -0.15) is 0 Å². The van der Waals surface area contributed by atoms with Crippen LogP contribution in [-0.4, -0.2) is 20.9 Å². The van der Waals surface area contributed by atoms with Crippen molar-refractivity contribution in [3.63, 3.8) is 0 Å². The Morgan fingerprint density at radius 3 is 1.62 bits per heavy atom. The second kappa shape index (κ2) is 4.33. The van der Waals surface area contributed by atoms with Gasteiger partial charge in [-0.1, -0.05) is 0 Å². The topological polar surface area (TPSA) is 35.5 Å². The molecular formula is C3H10ClO3P. The minimum atomic E-state index is -2.65. The third-order valence-corrected chi connectivity index (χ3v) is 1.99. The van der Waals surface area contributed by atoms with E-state index in [9.17, 15) is 4.57 Å². The molecule has 0 aromatic rings. The van der Waals surface area contributed by atoms with Crippen molar-refractivity contribution in [1.82, 2.24) is 0 Å². The maximum absolute atomic E-state index is 10.5. The molecule has 0 radical (unpaired) electrons. The summed E-state index contributed by atoms with van der Waals surface area (Å²) in [6, 6.07) is 0. The van der Waals surface area contributed by atoms with Crippen LogP contribution in [0.15, 0.2) is 0 Å². The summed E-state index contributed by atoms with van der Waals surface area (Å²) in [4.78, 5) is 0. The minimum absolute atomic E-state index is 0. The smallest absolute Gasteiger partial charge is 1.00 e. The molecular weight excluding hydrogens is 150 g/mol. The fourth-order valence-electron chi connectivity index (χ4n) is 0.0745. The van der Waals surface area contributed by atoms with E-state index in [1.165, 1.54) is 20.9 Å². The second-order valence-corrected chi connectivity index (χ2v) is 3.41. The van der Waals surface area contributed by atoms with Gasteiger partial charge in [0.2, 0.25) is 0 Å². The highest BCUT2D eigenvalue weighted by Gasteiger charge is 2.08. The molecule has 0 saturated heterocycles. The Labute approximate surface area is 56.8 Å². The highest BCUT2D eigenvalue weighted by molar-refractivity contribution is 7.52. The predicted molar refractivity (Wildman–Crippen MR) is 28.7 cm³/mol. The van der Waals surface area contributed by atoms with E-state index in [0.29, 0.717) is 0 Å². The Kier molecular flexibility index (Phi) is 6.10. The SMILES string of the molecule is COP(C)(=O)OC.[Cl-].[H+]. The van der Waals surface area contributed by atoms with Crippen LogP contribution >= 0.6 is 7.60 Å². The number of hydrogen-bond acceptors (Lipinski definition) is 3. The summed E-state index contributed by atoms with van der Waals surface area (Å²) in [6.45, 7) is 1.41. The molecule has 5 heteroatoms. The lowest BCUT2D eigenvalue weighted by Crippen LogP contribution is -3.00. The molecule has 0 aromatic carbocycles. The lowest BCUT2D eigenvalue weighted by Gasteiger charge is -2.04. The van der Waals surface area contributed by atoms with E-state index in [0.717, 1.165) is 0 Å². The molecule has 0 aliphatic rings. The highest BCUT2D eigenvalue weighted by atomic mass is 35.5. The van der Waals surface area contributed by atoms with Crippen LogP contribution in [0.1, 0.15) is 1.43 Å². The minimum Gasteiger partial charge on any atom is -1.00 e. The first-order valence-electron chi connectivity index (χ1n) is 1.81. The van der Waals surface area contributed by atoms with Crippen molar-refractivity contribution in [2.75, 3.05) is 20.9 Å². The average molecular weight is 161 g/mol. The zero-order chi connectivity index (χ0) is 5.91. The van der Waals surface area contributed by atoms with Crippen LogP contribution in [0.25, 0.3) is 0 Å². The molecule has 0 aliphatic carbocycles. The number of hydrogen-bond donors (Lipinski definition) is 0. The van der Waals surface area contributed by atoms with E-state index in [1.807, 2.05) is 0 Å². The molecule has 0 spiro atoms. The molecule has 0 unspecified atom stereocenters. The van der Waals surface area contributed by atoms with Crippen LogP contribution in [0.2, 0.25) is 0 Å². The average Bonchev–Trinajstić information content (AvgIpc) is 1.68. The zero-order valence-electron chi connectivity index (χ0n) is 6.05. The summed E-state index contributed by atoms with van der Waals surface area (Å²) in [7, 11) is 0.0486. The Bertz CT molecular complexity index is 91.1. The molecule has 0 aliphatic heterocycles. The molecule has 0 aromatic heterocycles. The molecule has 0 saturated carbocycles. The maximum Gasteiger partial charge on any atom is 1.00 e. The van der Waals surface area contributed by atoms with Gasteiger partial charge in [-0.15, -0.1) is 0 Å². The van der Waals surface area contributed by atoms with Crippen LogP contribution < -0.4 is 12.4 Å². The Morgan fingerprint density at radius 1 is 1.38 bits per heavy atom. The van der Waals surface area contributed by atoms with E-state index >= 15 is 0 Å². The summed E-state index contributed by atoms with van der Waals surface area (Å²) in [5, 5.41) is 0. The van der Waals surface area contributed by atoms with Gasteiger partial charge in [-0.3, -0.25) is 4.57 Å². The Hall–Kier alpha value is 0.440.